The van der Waals surface area contributed by atoms with Crippen LogP contribution < -0.4 is 5.32 Å². The summed E-state index contributed by atoms with van der Waals surface area (Å²) in [4.78, 5) is 12.6. The molecule has 0 spiro atoms. The zero-order chi connectivity index (χ0) is 18.2. The number of sulfone groups is 1. The number of nitrogens with zero attached hydrogens (tertiary/aromatic N) is 2. The Morgan fingerprint density at radius 3 is 2.80 bits per heavy atom. The summed E-state index contributed by atoms with van der Waals surface area (Å²) in [5, 5.41) is 7.91. The largest absolute Gasteiger partial charge is 0.348 e. The summed E-state index contributed by atoms with van der Waals surface area (Å²) in [5.74, 6) is 0.0345. The molecule has 0 radical (unpaired) electrons. The molecular formula is C17H20ClN3O3S. The number of aryl methyl sites for hydroxylation is 1. The molecule has 1 fully saturated rings. The van der Waals surface area contributed by atoms with Crippen molar-refractivity contribution in [3.63, 3.8) is 0 Å². The van der Waals surface area contributed by atoms with Crippen molar-refractivity contribution in [2.24, 2.45) is 0 Å². The number of rotatable bonds is 4. The lowest BCUT2D eigenvalue weighted by molar-refractivity contribution is 0.0949. The lowest BCUT2D eigenvalue weighted by Crippen LogP contribution is -2.24. The van der Waals surface area contributed by atoms with E-state index < -0.39 is 9.84 Å². The van der Waals surface area contributed by atoms with Crippen molar-refractivity contribution in [1.29, 1.82) is 0 Å². The Labute approximate surface area is 152 Å². The van der Waals surface area contributed by atoms with E-state index in [9.17, 15) is 13.2 Å². The fourth-order valence-corrected chi connectivity index (χ4v) is 5.14. The van der Waals surface area contributed by atoms with Crippen LogP contribution in [0.4, 0.5) is 0 Å². The molecule has 1 N–H and O–H groups in total. The van der Waals surface area contributed by atoms with Gasteiger partial charge in [-0.15, -0.1) is 0 Å². The second-order valence-electron chi connectivity index (χ2n) is 6.36. The van der Waals surface area contributed by atoms with Crippen LogP contribution in [-0.4, -0.2) is 35.6 Å². The van der Waals surface area contributed by atoms with E-state index in [1.165, 1.54) is 0 Å². The van der Waals surface area contributed by atoms with E-state index in [1.807, 2.05) is 12.1 Å². The number of amides is 1. The number of halogens is 1. The molecule has 1 aliphatic heterocycles. The van der Waals surface area contributed by atoms with Crippen LogP contribution in [0.5, 0.6) is 0 Å². The van der Waals surface area contributed by atoms with Crippen LogP contribution in [0.1, 0.15) is 39.8 Å². The topological polar surface area (TPSA) is 81.1 Å². The third kappa shape index (κ3) is 3.88. The van der Waals surface area contributed by atoms with E-state index in [0.29, 0.717) is 34.9 Å². The molecule has 1 unspecified atom stereocenters. The molecule has 8 heteroatoms. The Bertz CT molecular complexity index is 921. The molecule has 1 saturated heterocycles. The number of hydrogen-bond donors (Lipinski definition) is 1. The summed E-state index contributed by atoms with van der Waals surface area (Å²) in [6, 6.07) is 7.10. The molecule has 0 bridgehead atoms. The van der Waals surface area contributed by atoms with Gasteiger partial charge in [0.2, 0.25) is 0 Å². The van der Waals surface area contributed by atoms with Gasteiger partial charge < -0.3 is 5.32 Å². The molecule has 25 heavy (non-hydrogen) atoms. The highest BCUT2D eigenvalue weighted by Gasteiger charge is 2.32. The predicted octanol–water partition coefficient (Wildman–Crippen LogP) is 2.44. The van der Waals surface area contributed by atoms with Gasteiger partial charge in [-0.2, -0.15) is 5.10 Å². The van der Waals surface area contributed by atoms with Gasteiger partial charge in [0, 0.05) is 17.3 Å². The molecule has 0 saturated carbocycles. The first-order chi connectivity index (χ1) is 11.8. The van der Waals surface area contributed by atoms with Crippen molar-refractivity contribution >= 4 is 27.3 Å². The van der Waals surface area contributed by atoms with Gasteiger partial charge in [0.15, 0.2) is 9.84 Å². The lowest BCUT2D eigenvalue weighted by Gasteiger charge is -2.11. The maximum Gasteiger partial charge on any atom is 0.255 e. The van der Waals surface area contributed by atoms with Crippen molar-refractivity contribution in [3.05, 3.63) is 51.8 Å². The molecule has 2 aromatic rings. The van der Waals surface area contributed by atoms with Crippen LogP contribution in [0.3, 0.4) is 0 Å². The number of carbonyl (C=O) groups is 1. The van der Waals surface area contributed by atoms with E-state index in [1.54, 1.807) is 30.7 Å². The summed E-state index contributed by atoms with van der Waals surface area (Å²) in [6.45, 7) is 3.93. The normalized spacial score (nSPS) is 19.1. The van der Waals surface area contributed by atoms with E-state index in [2.05, 4.69) is 10.4 Å². The Kier molecular flexibility index (Phi) is 4.88. The third-order valence-electron chi connectivity index (χ3n) is 4.45. The number of benzene rings is 1. The van der Waals surface area contributed by atoms with Crippen LogP contribution in [0.25, 0.3) is 0 Å². The van der Waals surface area contributed by atoms with Crippen molar-refractivity contribution < 1.29 is 13.2 Å². The lowest BCUT2D eigenvalue weighted by atomic mass is 10.1. The Morgan fingerprint density at radius 1 is 1.40 bits per heavy atom. The first-order valence-electron chi connectivity index (χ1n) is 8.05. The molecule has 6 nitrogen and oxygen atoms in total. The molecule has 1 aliphatic rings. The molecule has 1 aromatic carbocycles. The third-order valence-corrected chi connectivity index (χ3v) is 6.43. The molecule has 2 heterocycles. The van der Waals surface area contributed by atoms with Gasteiger partial charge >= 0.3 is 0 Å². The van der Waals surface area contributed by atoms with E-state index in [0.717, 1.165) is 5.56 Å². The molecule has 1 amide bonds. The number of carbonyl (C=O) groups excluding carboxylic acids is 1. The Hall–Kier alpha value is -1.86. The molecule has 1 atom stereocenters. The summed E-state index contributed by atoms with van der Waals surface area (Å²) in [6.07, 6.45) is 0.536. The van der Waals surface area contributed by atoms with Crippen LogP contribution in [0.15, 0.2) is 24.3 Å². The van der Waals surface area contributed by atoms with Gasteiger partial charge in [0.1, 0.15) is 0 Å². The van der Waals surface area contributed by atoms with Gasteiger partial charge in [-0.05, 0) is 38.0 Å². The fraction of sp³-hybridized carbons (Fsp3) is 0.412. The number of aromatic nitrogens is 2. The highest BCUT2D eigenvalue weighted by Crippen LogP contribution is 2.26. The van der Waals surface area contributed by atoms with Crippen LogP contribution in [-0.2, 0) is 16.4 Å². The molecule has 3 rings (SSSR count). The predicted molar refractivity (Wildman–Crippen MR) is 96.6 cm³/mol. The van der Waals surface area contributed by atoms with E-state index in [-0.39, 0.29) is 23.5 Å². The molecular weight excluding hydrogens is 362 g/mol. The number of nitrogens with one attached hydrogen (secondary N) is 1. The minimum Gasteiger partial charge on any atom is -0.348 e. The average molecular weight is 382 g/mol. The van der Waals surface area contributed by atoms with Crippen molar-refractivity contribution in [1.82, 2.24) is 15.1 Å². The molecule has 1 aromatic heterocycles. The maximum absolute atomic E-state index is 12.6. The van der Waals surface area contributed by atoms with Gasteiger partial charge in [0.05, 0.1) is 28.8 Å². The van der Waals surface area contributed by atoms with Crippen LogP contribution >= 0.6 is 11.6 Å². The monoisotopic (exact) mass is 381 g/mol. The summed E-state index contributed by atoms with van der Waals surface area (Å²) in [5.41, 5.74) is 2.71. The zero-order valence-corrected chi connectivity index (χ0v) is 15.7. The summed E-state index contributed by atoms with van der Waals surface area (Å²) < 4.78 is 25.1. The van der Waals surface area contributed by atoms with Crippen molar-refractivity contribution in [2.45, 2.75) is 32.9 Å². The second kappa shape index (κ2) is 6.80. The highest BCUT2D eigenvalue weighted by molar-refractivity contribution is 7.91. The quantitative estimate of drug-likeness (QED) is 0.881. The first-order valence-corrected chi connectivity index (χ1v) is 10.3. The Morgan fingerprint density at radius 2 is 2.16 bits per heavy atom. The maximum atomic E-state index is 12.6. The minimum absolute atomic E-state index is 0.0819. The van der Waals surface area contributed by atoms with E-state index in [4.69, 9.17) is 11.6 Å². The molecule has 134 valence electrons. The summed E-state index contributed by atoms with van der Waals surface area (Å²) >= 11 is 5.95. The number of hydrogen-bond acceptors (Lipinski definition) is 4. The average Bonchev–Trinajstić information content (AvgIpc) is 3.04. The first kappa shape index (κ1) is 17.9. The van der Waals surface area contributed by atoms with Gasteiger partial charge in [-0.25, -0.2) is 8.42 Å². The second-order valence-corrected chi connectivity index (χ2v) is 9.03. The zero-order valence-electron chi connectivity index (χ0n) is 14.1. The van der Waals surface area contributed by atoms with Gasteiger partial charge in [0.25, 0.3) is 5.91 Å². The Balaban J connectivity index is 1.77. The fourth-order valence-electron chi connectivity index (χ4n) is 3.23. The van der Waals surface area contributed by atoms with Crippen molar-refractivity contribution in [2.75, 3.05) is 11.5 Å². The molecule has 0 aliphatic carbocycles. The SMILES string of the molecule is Cc1nn(C2CCS(=O)(=O)C2)c(C)c1C(=O)NCc1cccc(Cl)c1. The van der Waals surface area contributed by atoms with Crippen LogP contribution in [0, 0.1) is 13.8 Å². The minimum atomic E-state index is -3.01. The van der Waals surface area contributed by atoms with E-state index >= 15 is 0 Å². The van der Waals surface area contributed by atoms with Gasteiger partial charge in [-0.3, -0.25) is 9.48 Å². The standard InChI is InChI=1S/C17H20ClN3O3S/c1-11-16(17(22)19-9-13-4-3-5-14(18)8-13)12(2)21(20-11)15-6-7-25(23,24)10-15/h3-5,8,15H,6-7,9-10H2,1-2H3,(H,19,22). The highest BCUT2D eigenvalue weighted by atomic mass is 35.5. The van der Waals surface area contributed by atoms with Crippen molar-refractivity contribution in [3.8, 4) is 0 Å². The summed E-state index contributed by atoms with van der Waals surface area (Å²) in [7, 11) is -3.01. The smallest absolute Gasteiger partial charge is 0.255 e. The van der Waals surface area contributed by atoms with Crippen LogP contribution in [0.2, 0.25) is 5.02 Å². The van der Waals surface area contributed by atoms with Gasteiger partial charge in [-0.1, -0.05) is 23.7 Å².